The third-order valence-corrected chi connectivity index (χ3v) is 4.39. The highest BCUT2D eigenvalue weighted by atomic mass is 16.5. The van der Waals surface area contributed by atoms with Crippen molar-refractivity contribution in [3.05, 3.63) is 29.8 Å². The number of carbonyl (C=O) groups is 1. The number of rotatable bonds is 5. The zero-order valence-corrected chi connectivity index (χ0v) is 12.6. The van der Waals surface area contributed by atoms with E-state index in [2.05, 4.69) is 4.90 Å². The number of nitrogens with zero attached hydrogens (tertiary/aromatic N) is 1. The van der Waals surface area contributed by atoms with Gasteiger partial charge in [0.2, 0.25) is 0 Å². The molecule has 1 heterocycles. The number of benzene rings is 1. The Hall–Kier alpha value is -1.59. The van der Waals surface area contributed by atoms with Crippen LogP contribution < -0.4 is 4.74 Å². The highest BCUT2D eigenvalue weighted by Gasteiger charge is 2.37. The lowest BCUT2D eigenvalue weighted by Crippen LogP contribution is -2.43. The van der Waals surface area contributed by atoms with Gasteiger partial charge in [0.25, 0.3) is 0 Å². The molecule has 0 amide bonds. The first-order valence-corrected chi connectivity index (χ1v) is 7.22. The lowest BCUT2D eigenvalue weighted by atomic mass is 9.80. The Balaban J connectivity index is 1.92. The molecule has 1 aliphatic rings. The van der Waals surface area contributed by atoms with Gasteiger partial charge in [0.15, 0.2) is 0 Å². The van der Waals surface area contributed by atoms with Crippen LogP contribution in [-0.4, -0.2) is 47.8 Å². The summed E-state index contributed by atoms with van der Waals surface area (Å²) in [5, 5.41) is 19.5. The largest absolute Gasteiger partial charge is 0.497 e. The number of methoxy groups -OCH3 is 1. The fourth-order valence-electron chi connectivity index (χ4n) is 2.64. The number of likely N-dealkylation sites (tertiary alicyclic amines) is 1. The summed E-state index contributed by atoms with van der Waals surface area (Å²) in [5.74, 6) is -0.000796. The summed E-state index contributed by atoms with van der Waals surface area (Å²) in [6.07, 6.45) is 0.648. The maximum atomic E-state index is 11.2. The van der Waals surface area contributed by atoms with E-state index in [4.69, 9.17) is 4.74 Å². The van der Waals surface area contributed by atoms with Gasteiger partial charge < -0.3 is 19.8 Å². The molecule has 5 heteroatoms. The van der Waals surface area contributed by atoms with Crippen molar-refractivity contribution in [2.45, 2.75) is 25.9 Å². The van der Waals surface area contributed by atoms with E-state index in [9.17, 15) is 15.0 Å². The van der Waals surface area contributed by atoms with E-state index in [1.165, 1.54) is 0 Å². The number of hydrogen-bond acceptors (Lipinski definition) is 4. The van der Waals surface area contributed by atoms with E-state index in [-0.39, 0.29) is 0 Å². The van der Waals surface area contributed by atoms with Crippen molar-refractivity contribution < 1.29 is 19.7 Å². The summed E-state index contributed by atoms with van der Waals surface area (Å²) in [6, 6.07) is 7.40. The van der Waals surface area contributed by atoms with Crippen molar-refractivity contribution in [2.75, 3.05) is 26.7 Å². The number of ether oxygens (including phenoxy) is 1. The fraction of sp³-hybridized carbons (Fsp3) is 0.562. The van der Waals surface area contributed by atoms with Crippen LogP contribution in [0, 0.1) is 5.41 Å². The number of hydrogen-bond donors (Lipinski definition) is 2. The molecular formula is C16H23NO4. The van der Waals surface area contributed by atoms with Gasteiger partial charge >= 0.3 is 5.97 Å². The van der Waals surface area contributed by atoms with Gasteiger partial charge in [-0.3, -0.25) is 4.79 Å². The first-order valence-electron chi connectivity index (χ1n) is 7.22. The summed E-state index contributed by atoms with van der Waals surface area (Å²) in [4.78, 5) is 13.3. The molecule has 0 bridgehead atoms. The topological polar surface area (TPSA) is 70.0 Å². The summed E-state index contributed by atoms with van der Waals surface area (Å²) in [6.45, 7) is 3.71. The van der Waals surface area contributed by atoms with Crippen LogP contribution in [0.1, 0.15) is 31.4 Å². The first-order chi connectivity index (χ1) is 9.94. The molecule has 1 aromatic carbocycles. The molecule has 21 heavy (non-hydrogen) atoms. The summed E-state index contributed by atoms with van der Waals surface area (Å²) >= 11 is 0. The van der Waals surface area contributed by atoms with E-state index < -0.39 is 17.5 Å². The maximum Gasteiger partial charge on any atom is 0.309 e. The second kappa shape index (κ2) is 6.45. The number of aliphatic hydroxyl groups excluding tert-OH is 1. The molecule has 0 radical (unpaired) electrons. The van der Waals surface area contributed by atoms with Crippen molar-refractivity contribution in [2.24, 2.45) is 5.41 Å². The van der Waals surface area contributed by atoms with Crippen LogP contribution in [0.2, 0.25) is 0 Å². The highest BCUT2D eigenvalue weighted by Crippen LogP contribution is 2.32. The van der Waals surface area contributed by atoms with Crippen LogP contribution in [0.4, 0.5) is 0 Å². The number of carboxylic acids is 1. The van der Waals surface area contributed by atoms with E-state index in [0.29, 0.717) is 32.5 Å². The molecule has 1 aliphatic heterocycles. The Kier molecular flexibility index (Phi) is 4.85. The Bertz CT molecular complexity index is 495. The standard InChI is InChI=1S/C16H23NO4/c1-16(15(19)20)6-8-17(9-7-16)11-14(18)12-4-3-5-13(10-12)21-2/h3-5,10,14,18H,6-9,11H2,1-2H3,(H,19,20). The van der Waals surface area contributed by atoms with Gasteiger partial charge in [0.1, 0.15) is 5.75 Å². The molecule has 0 aliphatic carbocycles. The number of carboxylic acid groups (broad SMARTS) is 1. The van der Waals surface area contributed by atoms with Crippen LogP contribution in [0.5, 0.6) is 5.75 Å². The van der Waals surface area contributed by atoms with Gasteiger partial charge in [0.05, 0.1) is 18.6 Å². The van der Waals surface area contributed by atoms with E-state index in [1.54, 1.807) is 14.0 Å². The summed E-state index contributed by atoms with van der Waals surface area (Å²) in [5.41, 5.74) is 0.193. The normalized spacial score (nSPS) is 20.0. The fourth-order valence-corrected chi connectivity index (χ4v) is 2.64. The minimum atomic E-state index is -0.726. The second-order valence-corrected chi connectivity index (χ2v) is 5.96. The van der Waals surface area contributed by atoms with Crippen LogP contribution in [0.15, 0.2) is 24.3 Å². The number of aliphatic carboxylic acids is 1. The molecule has 1 unspecified atom stereocenters. The van der Waals surface area contributed by atoms with E-state index in [1.807, 2.05) is 24.3 Å². The molecule has 1 saturated heterocycles. The van der Waals surface area contributed by atoms with Crippen molar-refractivity contribution in [1.82, 2.24) is 4.90 Å². The smallest absolute Gasteiger partial charge is 0.309 e. The van der Waals surface area contributed by atoms with Crippen LogP contribution in [0.3, 0.4) is 0 Å². The average molecular weight is 293 g/mol. The van der Waals surface area contributed by atoms with Gasteiger partial charge in [-0.05, 0) is 50.6 Å². The molecule has 5 nitrogen and oxygen atoms in total. The molecule has 1 aromatic rings. The van der Waals surface area contributed by atoms with Gasteiger partial charge in [-0.1, -0.05) is 12.1 Å². The summed E-state index contributed by atoms with van der Waals surface area (Å²) in [7, 11) is 1.60. The molecule has 1 fully saturated rings. The van der Waals surface area contributed by atoms with Gasteiger partial charge in [-0.2, -0.15) is 0 Å². The van der Waals surface area contributed by atoms with Crippen LogP contribution in [-0.2, 0) is 4.79 Å². The SMILES string of the molecule is COc1cccc(C(O)CN2CCC(C)(C(=O)O)CC2)c1. The number of aliphatic hydroxyl groups is 1. The predicted molar refractivity (Wildman–Crippen MR) is 79.4 cm³/mol. The monoisotopic (exact) mass is 293 g/mol. The molecule has 0 saturated carbocycles. The Labute approximate surface area is 125 Å². The van der Waals surface area contributed by atoms with Crippen molar-refractivity contribution >= 4 is 5.97 Å². The van der Waals surface area contributed by atoms with Crippen molar-refractivity contribution in [3.63, 3.8) is 0 Å². The van der Waals surface area contributed by atoms with Crippen LogP contribution >= 0.6 is 0 Å². The number of β-amino-alcohol motifs (C(OH)–C–C–N with tert-alkyl or cyclic N) is 1. The second-order valence-electron chi connectivity index (χ2n) is 5.96. The minimum Gasteiger partial charge on any atom is -0.497 e. The average Bonchev–Trinajstić information content (AvgIpc) is 2.49. The highest BCUT2D eigenvalue weighted by molar-refractivity contribution is 5.74. The Morgan fingerprint density at radius 2 is 2.10 bits per heavy atom. The third kappa shape index (κ3) is 3.74. The third-order valence-electron chi connectivity index (χ3n) is 4.39. The van der Waals surface area contributed by atoms with Crippen molar-refractivity contribution in [1.29, 1.82) is 0 Å². The Morgan fingerprint density at radius 1 is 1.43 bits per heavy atom. The molecule has 2 N–H and O–H groups in total. The molecule has 116 valence electrons. The minimum absolute atomic E-state index is 0.517. The molecule has 0 aromatic heterocycles. The quantitative estimate of drug-likeness (QED) is 0.868. The maximum absolute atomic E-state index is 11.2. The van der Waals surface area contributed by atoms with Gasteiger partial charge in [0, 0.05) is 6.54 Å². The summed E-state index contributed by atoms with van der Waals surface area (Å²) < 4.78 is 5.16. The predicted octanol–water partition coefficient (Wildman–Crippen LogP) is 1.92. The molecule has 2 rings (SSSR count). The lowest BCUT2D eigenvalue weighted by Gasteiger charge is -2.37. The Morgan fingerprint density at radius 3 is 2.67 bits per heavy atom. The van der Waals surface area contributed by atoms with Crippen LogP contribution in [0.25, 0.3) is 0 Å². The van der Waals surface area contributed by atoms with Gasteiger partial charge in [-0.15, -0.1) is 0 Å². The zero-order valence-electron chi connectivity index (χ0n) is 12.6. The first kappa shape index (κ1) is 15.8. The lowest BCUT2D eigenvalue weighted by molar-refractivity contribution is -0.150. The number of piperidine rings is 1. The molecule has 1 atom stereocenters. The van der Waals surface area contributed by atoms with E-state index >= 15 is 0 Å². The van der Waals surface area contributed by atoms with E-state index in [0.717, 1.165) is 11.3 Å². The molecule has 0 spiro atoms. The van der Waals surface area contributed by atoms with Crippen molar-refractivity contribution in [3.8, 4) is 5.75 Å². The van der Waals surface area contributed by atoms with Gasteiger partial charge in [-0.25, -0.2) is 0 Å². The zero-order chi connectivity index (χ0) is 15.5. The molecular weight excluding hydrogens is 270 g/mol.